The molecule has 0 bridgehead atoms. The molecule has 0 amide bonds. The highest BCUT2D eigenvalue weighted by molar-refractivity contribution is 8.00. The first kappa shape index (κ1) is 41.5. The summed E-state index contributed by atoms with van der Waals surface area (Å²) in [7, 11) is 0. The van der Waals surface area contributed by atoms with Gasteiger partial charge in [-0.3, -0.25) is 14.5 Å². The number of pyridine rings is 1. The molecule has 1 N–H and O–H groups in total. The standard InChI is InChI=1S/C37H49FN6O10S/c1-4-5-6-7-8-9-10-11-12-13-32(45)52-22-26(21-42-24(2)39-20-31(42)44(50)51)54-37(49)53-23-40-14-16-41(17-15-40)30-19-29-27(18-28(30)38)34(46)33(36(47)48)35-43(29)25(3)55-35/h18-20,25-26H,4-17,21-23H2,1-3H3,(H,47,48). The number of carbonyl (C=O) groups is 3. The van der Waals surface area contributed by atoms with Crippen LogP contribution < -0.4 is 10.3 Å². The van der Waals surface area contributed by atoms with Crippen molar-refractivity contribution in [3.8, 4) is 0 Å². The third-order valence-electron chi connectivity index (χ3n) is 9.95. The maximum Gasteiger partial charge on any atom is 0.510 e. The molecule has 2 unspecified atom stereocenters. The molecule has 1 aromatic carbocycles. The van der Waals surface area contributed by atoms with Crippen molar-refractivity contribution in [1.82, 2.24) is 19.0 Å². The number of nitro groups is 1. The molecular formula is C37H49FN6O10S. The lowest BCUT2D eigenvalue weighted by Gasteiger charge is -2.36. The second-order valence-electron chi connectivity index (χ2n) is 13.9. The highest BCUT2D eigenvalue weighted by Gasteiger charge is 2.34. The summed E-state index contributed by atoms with van der Waals surface area (Å²) < 4.78 is 34.7. The van der Waals surface area contributed by atoms with Crippen molar-refractivity contribution in [2.45, 2.75) is 108 Å². The number of rotatable bonds is 20. The minimum Gasteiger partial charge on any atom is -0.477 e. The van der Waals surface area contributed by atoms with Crippen LogP contribution in [0.4, 0.5) is 20.7 Å². The molecule has 3 aromatic rings. The molecule has 1 saturated heterocycles. The van der Waals surface area contributed by atoms with Crippen LogP contribution in [0, 0.1) is 22.9 Å². The number of thioether (sulfide) groups is 1. The molecule has 0 radical (unpaired) electrons. The number of ether oxygens (including phenoxy) is 3. The molecule has 16 nitrogen and oxygen atoms in total. The van der Waals surface area contributed by atoms with Crippen molar-refractivity contribution in [2.75, 3.05) is 44.4 Å². The molecule has 2 atom stereocenters. The van der Waals surface area contributed by atoms with Crippen LogP contribution in [0.25, 0.3) is 10.9 Å². The normalized spacial score (nSPS) is 16.0. The number of imidazole rings is 1. The van der Waals surface area contributed by atoms with Crippen LogP contribution >= 0.6 is 11.8 Å². The number of esters is 1. The number of carboxylic acids is 1. The van der Waals surface area contributed by atoms with E-state index in [0.29, 0.717) is 49.0 Å². The number of unbranched alkanes of at least 4 members (excludes halogenated alkanes) is 8. The summed E-state index contributed by atoms with van der Waals surface area (Å²) in [5.41, 5.74) is -0.348. The van der Waals surface area contributed by atoms with Crippen LogP contribution in [0.3, 0.4) is 0 Å². The summed E-state index contributed by atoms with van der Waals surface area (Å²) in [6.45, 7) is 6.43. The number of carbonyl (C=O) groups excluding carboxylic acids is 2. The van der Waals surface area contributed by atoms with Gasteiger partial charge in [0.2, 0.25) is 5.43 Å². The molecule has 2 aliphatic rings. The first-order chi connectivity index (χ1) is 26.4. The van der Waals surface area contributed by atoms with Crippen molar-refractivity contribution in [3.05, 3.63) is 55.9 Å². The van der Waals surface area contributed by atoms with Gasteiger partial charge in [0.1, 0.15) is 37.5 Å². The zero-order valence-electron chi connectivity index (χ0n) is 31.5. The third-order valence-corrected chi connectivity index (χ3v) is 11.1. The molecule has 55 heavy (non-hydrogen) atoms. The lowest BCUT2D eigenvalue weighted by molar-refractivity contribution is -0.392. The number of aromatic carboxylic acids is 1. The maximum atomic E-state index is 15.4. The van der Waals surface area contributed by atoms with Crippen LogP contribution in [0.2, 0.25) is 0 Å². The van der Waals surface area contributed by atoms with E-state index in [0.717, 1.165) is 31.5 Å². The second-order valence-corrected chi connectivity index (χ2v) is 15.2. The predicted octanol–water partition coefficient (Wildman–Crippen LogP) is 6.64. The van der Waals surface area contributed by atoms with Gasteiger partial charge in [0.05, 0.1) is 21.6 Å². The number of piperazine rings is 1. The van der Waals surface area contributed by atoms with Gasteiger partial charge in [-0.05, 0) is 30.4 Å². The molecule has 4 heterocycles. The summed E-state index contributed by atoms with van der Waals surface area (Å²) in [6.07, 6.45) is 9.01. The summed E-state index contributed by atoms with van der Waals surface area (Å²) in [5.74, 6) is -2.45. The van der Waals surface area contributed by atoms with Gasteiger partial charge in [0.25, 0.3) is 0 Å². The molecular weight excluding hydrogens is 740 g/mol. The van der Waals surface area contributed by atoms with Crippen molar-refractivity contribution < 1.29 is 43.0 Å². The van der Waals surface area contributed by atoms with Crippen molar-refractivity contribution >= 4 is 52.3 Å². The summed E-state index contributed by atoms with van der Waals surface area (Å²) in [5, 5.41) is 21.4. The molecule has 1 fully saturated rings. The van der Waals surface area contributed by atoms with Crippen molar-refractivity contribution in [2.24, 2.45) is 0 Å². The SMILES string of the molecule is CCCCCCCCCCCC(=O)OCC(Cn1c([N+](=O)[O-])cnc1C)OC(=O)OCN1CCN(c2cc3c(cc2F)c(=O)c(C(=O)O)c2n3C(C)S2)CC1. The second kappa shape index (κ2) is 19.2. The minimum atomic E-state index is -1.35. The number of nitrogens with zero attached hydrogens (tertiary/aromatic N) is 6. The zero-order valence-corrected chi connectivity index (χ0v) is 32.3. The quantitative estimate of drug-likeness (QED) is 0.0555. The Balaban J connectivity index is 1.13. The fourth-order valence-electron chi connectivity index (χ4n) is 6.89. The maximum absolute atomic E-state index is 15.4. The van der Waals surface area contributed by atoms with Crippen LogP contribution in [0.1, 0.15) is 99.6 Å². The largest absolute Gasteiger partial charge is 0.510 e. The van der Waals surface area contributed by atoms with E-state index in [4.69, 9.17) is 14.2 Å². The average Bonchev–Trinajstić information content (AvgIpc) is 3.51. The molecule has 5 rings (SSSR count). The lowest BCUT2D eigenvalue weighted by atomic mass is 10.1. The number of hydrogen-bond donors (Lipinski definition) is 1. The van der Waals surface area contributed by atoms with E-state index in [2.05, 4.69) is 11.9 Å². The summed E-state index contributed by atoms with van der Waals surface area (Å²) >= 11 is 1.27. The number of halogens is 1. The Kier molecular flexibility index (Phi) is 14.5. The number of anilines is 1. The minimum absolute atomic E-state index is 0.00442. The Hall–Kier alpha value is -4.71. The fraction of sp³-hybridized carbons (Fsp3) is 0.595. The Bertz CT molecular complexity index is 1930. The van der Waals surface area contributed by atoms with E-state index in [-0.39, 0.29) is 54.1 Å². The van der Waals surface area contributed by atoms with E-state index in [1.165, 1.54) is 48.4 Å². The number of aryl methyl sites for hydroxylation is 1. The van der Waals surface area contributed by atoms with Crippen molar-refractivity contribution in [1.29, 1.82) is 0 Å². The van der Waals surface area contributed by atoms with Crippen LogP contribution in [-0.4, -0.2) is 92.8 Å². The number of benzene rings is 1. The molecule has 0 saturated carbocycles. The summed E-state index contributed by atoms with van der Waals surface area (Å²) in [4.78, 5) is 68.8. The van der Waals surface area contributed by atoms with E-state index < -0.39 is 40.4 Å². The predicted molar refractivity (Wildman–Crippen MR) is 202 cm³/mol. The first-order valence-corrected chi connectivity index (χ1v) is 19.7. The van der Waals surface area contributed by atoms with E-state index in [9.17, 15) is 34.4 Å². The van der Waals surface area contributed by atoms with Gasteiger partial charge in [0.15, 0.2) is 11.9 Å². The van der Waals surface area contributed by atoms with Gasteiger partial charge >= 0.3 is 23.9 Å². The molecule has 2 aromatic heterocycles. The lowest BCUT2D eigenvalue weighted by Crippen LogP contribution is -2.47. The smallest absolute Gasteiger partial charge is 0.477 e. The average molecular weight is 789 g/mol. The van der Waals surface area contributed by atoms with Crippen LogP contribution in [-0.2, 0) is 25.5 Å². The Morgan fingerprint density at radius 2 is 1.73 bits per heavy atom. The first-order valence-electron chi connectivity index (χ1n) is 18.8. The van der Waals surface area contributed by atoms with Gasteiger partial charge in [-0.1, -0.05) is 70.1 Å². The number of fused-ring (bicyclic) bond motifs is 3. The Morgan fingerprint density at radius 3 is 2.36 bits per heavy atom. The Morgan fingerprint density at radius 1 is 1.05 bits per heavy atom. The van der Waals surface area contributed by atoms with Gasteiger partial charge in [-0.25, -0.2) is 23.5 Å². The topological polar surface area (TPSA) is 189 Å². The molecule has 0 aliphatic carbocycles. The van der Waals surface area contributed by atoms with Gasteiger partial charge in [0, 0.05) is 44.9 Å². The third kappa shape index (κ3) is 10.3. The zero-order chi connectivity index (χ0) is 39.6. The number of hydrogen-bond acceptors (Lipinski definition) is 13. The molecule has 2 aliphatic heterocycles. The van der Waals surface area contributed by atoms with E-state index >= 15 is 4.39 Å². The van der Waals surface area contributed by atoms with Crippen molar-refractivity contribution in [3.63, 3.8) is 0 Å². The van der Waals surface area contributed by atoms with Gasteiger partial charge < -0.3 is 38.9 Å². The number of carboxylic acid groups (broad SMARTS) is 1. The monoisotopic (exact) mass is 788 g/mol. The molecule has 0 spiro atoms. The molecule has 300 valence electrons. The fourth-order valence-corrected chi connectivity index (χ4v) is 8.05. The van der Waals surface area contributed by atoms with Crippen LogP contribution in [0.5, 0.6) is 0 Å². The Labute approximate surface area is 322 Å². The van der Waals surface area contributed by atoms with Gasteiger partial charge in [-0.15, -0.1) is 0 Å². The molecule has 18 heteroatoms. The van der Waals surface area contributed by atoms with E-state index in [1.54, 1.807) is 17.6 Å². The number of aromatic nitrogens is 3. The summed E-state index contributed by atoms with van der Waals surface area (Å²) in [6, 6.07) is 2.68. The van der Waals surface area contributed by atoms with Crippen LogP contribution in [0.15, 0.2) is 28.2 Å². The van der Waals surface area contributed by atoms with Gasteiger partial charge in [-0.2, -0.15) is 0 Å². The van der Waals surface area contributed by atoms with E-state index in [1.807, 2.05) is 16.7 Å². The highest BCUT2D eigenvalue weighted by Crippen LogP contribution is 2.46. The highest BCUT2D eigenvalue weighted by atomic mass is 32.2.